The second kappa shape index (κ2) is 9.64. The average Bonchev–Trinajstić information content (AvgIpc) is 2.66. The predicted octanol–water partition coefficient (Wildman–Crippen LogP) is 3.52. The summed E-state index contributed by atoms with van der Waals surface area (Å²) in [7, 11) is 4.55. The van der Waals surface area contributed by atoms with Crippen molar-refractivity contribution in [2.75, 3.05) is 26.6 Å². The van der Waals surface area contributed by atoms with Crippen LogP contribution < -0.4 is 19.5 Å². The van der Waals surface area contributed by atoms with E-state index >= 15 is 0 Å². The maximum Gasteiger partial charge on any atom is 0.310 e. The summed E-state index contributed by atoms with van der Waals surface area (Å²) < 4.78 is 21.4. The van der Waals surface area contributed by atoms with Crippen LogP contribution in [0.4, 0.5) is 5.69 Å². The number of hydrogen-bond acceptors (Lipinski definition) is 6. The van der Waals surface area contributed by atoms with E-state index in [-0.39, 0.29) is 12.3 Å². The molecule has 2 rings (SSSR count). The van der Waals surface area contributed by atoms with Gasteiger partial charge in [0.15, 0.2) is 11.5 Å². The van der Waals surface area contributed by atoms with Crippen molar-refractivity contribution >= 4 is 17.6 Å². The molecule has 0 aliphatic carbocycles. The summed E-state index contributed by atoms with van der Waals surface area (Å²) in [6, 6.07) is 10.6. The largest absolute Gasteiger partial charge is 0.493 e. The molecular formula is C21H25NO6. The summed E-state index contributed by atoms with van der Waals surface area (Å²) in [5.41, 5.74) is 2.11. The SMILES string of the molecule is COc1cc(CC(=O)OC(C)c2cccc(NC(C)=O)c2)cc(OC)c1OC. The van der Waals surface area contributed by atoms with Crippen molar-refractivity contribution in [2.24, 2.45) is 0 Å². The van der Waals surface area contributed by atoms with Crippen LogP contribution in [-0.4, -0.2) is 33.2 Å². The minimum atomic E-state index is -0.469. The highest BCUT2D eigenvalue weighted by Crippen LogP contribution is 2.38. The van der Waals surface area contributed by atoms with Crippen LogP contribution >= 0.6 is 0 Å². The molecule has 0 fully saturated rings. The first-order valence-corrected chi connectivity index (χ1v) is 8.73. The second-order valence-electron chi connectivity index (χ2n) is 6.15. The first-order chi connectivity index (χ1) is 13.4. The molecule has 0 saturated carbocycles. The predicted molar refractivity (Wildman–Crippen MR) is 105 cm³/mol. The lowest BCUT2D eigenvalue weighted by Gasteiger charge is -2.16. The van der Waals surface area contributed by atoms with E-state index in [1.54, 1.807) is 37.3 Å². The van der Waals surface area contributed by atoms with Crippen molar-refractivity contribution in [3.63, 3.8) is 0 Å². The van der Waals surface area contributed by atoms with Gasteiger partial charge in [-0.2, -0.15) is 0 Å². The lowest BCUT2D eigenvalue weighted by molar-refractivity contribution is -0.147. The Labute approximate surface area is 164 Å². The number of hydrogen-bond donors (Lipinski definition) is 1. The minimum Gasteiger partial charge on any atom is -0.493 e. The number of ether oxygens (including phenoxy) is 4. The van der Waals surface area contributed by atoms with E-state index < -0.39 is 12.1 Å². The smallest absolute Gasteiger partial charge is 0.310 e. The second-order valence-corrected chi connectivity index (χ2v) is 6.15. The van der Waals surface area contributed by atoms with Gasteiger partial charge in [0.1, 0.15) is 6.10 Å². The molecule has 150 valence electrons. The molecule has 0 radical (unpaired) electrons. The van der Waals surface area contributed by atoms with Crippen molar-refractivity contribution in [1.82, 2.24) is 0 Å². The quantitative estimate of drug-likeness (QED) is 0.698. The zero-order chi connectivity index (χ0) is 20.7. The number of nitrogens with one attached hydrogen (secondary N) is 1. The Bertz CT molecular complexity index is 824. The van der Waals surface area contributed by atoms with Crippen LogP contribution in [0.15, 0.2) is 36.4 Å². The number of anilines is 1. The Hall–Kier alpha value is -3.22. The van der Waals surface area contributed by atoms with Crippen molar-refractivity contribution in [3.8, 4) is 17.2 Å². The van der Waals surface area contributed by atoms with Crippen LogP contribution in [0.2, 0.25) is 0 Å². The summed E-state index contributed by atoms with van der Waals surface area (Å²) in [5, 5.41) is 2.71. The summed E-state index contributed by atoms with van der Waals surface area (Å²) in [6.45, 7) is 3.22. The fourth-order valence-electron chi connectivity index (χ4n) is 2.78. The van der Waals surface area contributed by atoms with Gasteiger partial charge in [0.2, 0.25) is 11.7 Å². The number of benzene rings is 2. The normalized spacial score (nSPS) is 11.3. The third-order valence-electron chi connectivity index (χ3n) is 4.06. The molecule has 0 aliphatic heterocycles. The van der Waals surface area contributed by atoms with Gasteiger partial charge in [-0.25, -0.2) is 0 Å². The molecule has 1 amide bonds. The number of methoxy groups -OCH3 is 3. The molecule has 0 aliphatic rings. The minimum absolute atomic E-state index is 0.0481. The Morgan fingerprint density at radius 3 is 2.18 bits per heavy atom. The highest BCUT2D eigenvalue weighted by molar-refractivity contribution is 5.88. The first-order valence-electron chi connectivity index (χ1n) is 8.73. The molecule has 1 atom stereocenters. The Balaban J connectivity index is 2.10. The standard InChI is InChI=1S/C21H25NO6/c1-13(16-7-6-8-17(12-16)22-14(2)23)28-20(24)11-15-9-18(25-3)21(27-5)19(10-15)26-4/h6-10,12-13H,11H2,1-5H3,(H,22,23). The van der Waals surface area contributed by atoms with Crippen LogP contribution in [0.3, 0.4) is 0 Å². The zero-order valence-electron chi connectivity index (χ0n) is 16.7. The van der Waals surface area contributed by atoms with Crippen LogP contribution in [0.1, 0.15) is 31.1 Å². The van der Waals surface area contributed by atoms with Gasteiger partial charge < -0.3 is 24.3 Å². The molecular weight excluding hydrogens is 362 g/mol. The van der Waals surface area contributed by atoms with Gasteiger partial charge in [-0.15, -0.1) is 0 Å². The molecule has 0 aromatic heterocycles. The van der Waals surface area contributed by atoms with Gasteiger partial charge in [0.05, 0.1) is 27.8 Å². The number of esters is 1. The van der Waals surface area contributed by atoms with Crippen molar-refractivity contribution in [1.29, 1.82) is 0 Å². The summed E-state index contributed by atoms with van der Waals surface area (Å²) >= 11 is 0. The van der Waals surface area contributed by atoms with E-state index in [0.29, 0.717) is 28.5 Å². The third-order valence-corrected chi connectivity index (χ3v) is 4.06. The lowest BCUT2D eigenvalue weighted by atomic mass is 10.1. The third kappa shape index (κ3) is 5.39. The molecule has 28 heavy (non-hydrogen) atoms. The number of amides is 1. The van der Waals surface area contributed by atoms with Gasteiger partial charge in [0, 0.05) is 12.6 Å². The maximum atomic E-state index is 12.4. The van der Waals surface area contributed by atoms with Crippen molar-refractivity contribution < 1.29 is 28.5 Å². The van der Waals surface area contributed by atoms with Crippen LogP contribution in [0, 0.1) is 0 Å². The Kier molecular flexibility index (Phi) is 7.26. The van der Waals surface area contributed by atoms with E-state index in [4.69, 9.17) is 18.9 Å². The highest BCUT2D eigenvalue weighted by atomic mass is 16.5. The number of rotatable bonds is 8. The zero-order valence-corrected chi connectivity index (χ0v) is 16.7. The average molecular weight is 387 g/mol. The topological polar surface area (TPSA) is 83.1 Å². The molecule has 2 aromatic rings. The van der Waals surface area contributed by atoms with Gasteiger partial charge in [-0.3, -0.25) is 9.59 Å². The lowest BCUT2D eigenvalue weighted by Crippen LogP contribution is -2.12. The van der Waals surface area contributed by atoms with Crippen molar-refractivity contribution in [2.45, 2.75) is 26.4 Å². The molecule has 7 heteroatoms. The molecule has 1 unspecified atom stereocenters. The fraction of sp³-hybridized carbons (Fsp3) is 0.333. The van der Waals surface area contributed by atoms with Crippen LogP contribution in [-0.2, 0) is 20.7 Å². The Morgan fingerprint density at radius 1 is 1.00 bits per heavy atom. The molecule has 2 aromatic carbocycles. The van der Waals surface area contributed by atoms with Gasteiger partial charge in [-0.05, 0) is 42.3 Å². The number of carbonyl (C=O) groups is 2. The van der Waals surface area contributed by atoms with E-state index in [2.05, 4.69) is 5.32 Å². The van der Waals surface area contributed by atoms with E-state index in [0.717, 1.165) is 5.56 Å². The van der Waals surface area contributed by atoms with E-state index in [9.17, 15) is 9.59 Å². The van der Waals surface area contributed by atoms with Crippen molar-refractivity contribution in [3.05, 3.63) is 47.5 Å². The van der Waals surface area contributed by atoms with Gasteiger partial charge >= 0.3 is 5.97 Å². The summed E-state index contributed by atoms with van der Waals surface area (Å²) in [5.74, 6) is 0.850. The monoisotopic (exact) mass is 387 g/mol. The maximum absolute atomic E-state index is 12.4. The number of carbonyl (C=O) groups excluding carboxylic acids is 2. The fourth-order valence-corrected chi connectivity index (χ4v) is 2.78. The Morgan fingerprint density at radius 2 is 1.64 bits per heavy atom. The molecule has 0 bridgehead atoms. The first kappa shape index (κ1) is 21.1. The molecule has 0 heterocycles. The molecule has 0 saturated heterocycles. The van der Waals surface area contributed by atoms with Gasteiger partial charge in [-0.1, -0.05) is 12.1 Å². The summed E-state index contributed by atoms with van der Waals surface area (Å²) in [6.07, 6.45) is -0.421. The van der Waals surface area contributed by atoms with Crippen LogP contribution in [0.5, 0.6) is 17.2 Å². The van der Waals surface area contributed by atoms with E-state index in [1.165, 1.54) is 28.3 Å². The van der Waals surface area contributed by atoms with Gasteiger partial charge in [0.25, 0.3) is 0 Å². The highest BCUT2D eigenvalue weighted by Gasteiger charge is 2.17. The van der Waals surface area contributed by atoms with E-state index in [1.807, 2.05) is 6.07 Å². The molecule has 7 nitrogen and oxygen atoms in total. The summed E-state index contributed by atoms with van der Waals surface area (Å²) in [4.78, 5) is 23.6. The molecule has 1 N–H and O–H groups in total. The molecule has 0 spiro atoms. The van der Waals surface area contributed by atoms with Crippen LogP contribution in [0.25, 0.3) is 0 Å².